The molecule has 3 rings (SSSR count). The highest BCUT2D eigenvalue weighted by molar-refractivity contribution is 5.89. The standard InChI is InChI=1S/C16H24O5/c17-15-14-2-1-7-18-10-11-19-12-16(6-9-20-15)5-3-13(14)4-8-21-16/h2,13H,1,3-12H2. The van der Waals surface area contributed by atoms with Crippen LogP contribution in [-0.4, -0.2) is 51.2 Å². The second-order valence-electron chi connectivity index (χ2n) is 6.05. The van der Waals surface area contributed by atoms with E-state index in [0.29, 0.717) is 46.1 Å². The molecule has 0 spiro atoms. The summed E-state index contributed by atoms with van der Waals surface area (Å²) in [7, 11) is 0. The van der Waals surface area contributed by atoms with E-state index in [1.54, 1.807) is 0 Å². The topological polar surface area (TPSA) is 54.0 Å². The number of esters is 1. The predicted molar refractivity (Wildman–Crippen MR) is 75.9 cm³/mol. The van der Waals surface area contributed by atoms with Gasteiger partial charge in [0, 0.05) is 18.6 Å². The molecule has 3 aliphatic heterocycles. The largest absolute Gasteiger partial charge is 0.462 e. The quantitative estimate of drug-likeness (QED) is 0.639. The van der Waals surface area contributed by atoms with E-state index in [-0.39, 0.29) is 17.5 Å². The number of carbonyl (C=O) groups is 1. The molecule has 5 nitrogen and oxygen atoms in total. The van der Waals surface area contributed by atoms with Crippen molar-refractivity contribution in [3.63, 3.8) is 0 Å². The van der Waals surface area contributed by atoms with Crippen LogP contribution < -0.4 is 0 Å². The smallest absolute Gasteiger partial charge is 0.333 e. The number of hydrogen-bond acceptors (Lipinski definition) is 5. The summed E-state index contributed by atoms with van der Waals surface area (Å²) >= 11 is 0. The summed E-state index contributed by atoms with van der Waals surface area (Å²) < 4.78 is 22.9. The highest BCUT2D eigenvalue weighted by atomic mass is 16.6. The van der Waals surface area contributed by atoms with Gasteiger partial charge in [-0.05, 0) is 31.6 Å². The zero-order valence-corrected chi connectivity index (χ0v) is 12.5. The fourth-order valence-corrected chi connectivity index (χ4v) is 3.37. The Kier molecular flexibility index (Phi) is 4.93. The Morgan fingerprint density at radius 1 is 1.00 bits per heavy atom. The molecule has 0 aliphatic carbocycles. The third-order valence-electron chi connectivity index (χ3n) is 4.65. The molecule has 3 bridgehead atoms. The van der Waals surface area contributed by atoms with E-state index in [0.717, 1.165) is 31.3 Å². The minimum absolute atomic E-state index is 0.157. The Balaban J connectivity index is 1.89. The normalized spacial score (nSPS) is 35.3. The van der Waals surface area contributed by atoms with Crippen LogP contribution in [0.25, 0.3) is 0 Å². The first-order valence-corrected chi connectivity index (χ1v) is 7.96. The molecule has 0 aromatic rings. The summed E-state index contributed by atoms with van der Waals surface area (Å²) in [5, 5.41) is 0. The lowest BCUT2D eigenvalue weighted by Gasteiger charge is -2.32. The van der Waals surface area contributed by atoms with Gasteiger partial charge in [0.15, 0.2) is 0 Å². The first-order chi connectivity index (χ1) is 10.3. The van der Waals surface area contributed by atoms with E-state index in [2.05, 4.69) is 0 Å². The summed E-state index contributed by atoms with van der Waals surface area (Å²) in [5.41, 5.74) is 0.512. The van der Waals surface area contributed by atoms with Crippen molar-refractivity contribution in [1.82, 2.24) is 0 Å². The van der Waals surface area contributed by atoms with Crippen LogP contribution in [-0.2, 0) is 23.7 Å². The van der Waals surface area contributed by atoms with Gasteiger partial charge in [-0.2, -0.15) is 0 Å². The Bertz CT molecular complexity index is 405. The van der Waals surface area contributed by atoms with Gasteiger partial charge in [0.1, 0.15) is 0 Å². The average molecular weight is 296 g/mol. The van der Waals surface area contributed by atoms with Gasteiger partial charge in [0.05, 0.1) is 38.6 Å². The van der Waals surface area contributed by atoms with E-state index in [1.807, 2.05) is 6.08 Å². The van der Waals surface area contributed by atoms with Crippen molar-refractivity contribution >= 4 is 5.97 Å². The van der Waals surface area contributed by atoms with Crippen LogP contribution >= 0.6 is 0 Å². The van der Waals surface area contributed by atoms with Gasteiger partial charge < -0.3 is 18.9 Å². The number of carbonyl (C=O) groups excluding carboxylic acids is 1. The third-order valence-corrected chi connectivity index (χ3v) is 4.65. The molecule has 2 unspecified atom stereocenters. The fraction of sp³-hybridized carbons (Fsp3) is 0.812. The van der Waals surface area contributed by atoms with Gasteiger partial charge in [0.25, 0.3) is 0 Å². The lowest BCUT2D eigenvalue weighted by atomic mass is 9.87. The number of hydrogen-bond donors (Lipinski definition) is 0. The first-order valence-electron chi connectivity index (χ1n) is 7.96. The van der Waals surface area contributed by atoms with Gasteiger partial charge in [0.2, 0.25) is 0 Å². The fourth-order valence-electron chi connectivity index (χ4n) is 3.37. The van der Waals surface area contributed by atoms with Crippen molar-refractivity contribution in [1.29, 1.82) is 0 Å². The molecule has 2 atom stereocenters. The van der Waals surface area contributed by atoms with Crippen molar-refractivity contribution in [2.75, 3.05) is 39.6 Å². The second kappa shape index (κ2) is 6.90. The van der Waals surface area contributed by atoms with Gasteiger partial charge in [-0.15, -0.1) is 0 Å². The van der Waals surface area contributed by atoms with Crippen LogP contribution in [0.15, 0.2) is 11.6 Å². The van der Waals surface area contributed by atoms with Gasteiger partial charge >= 0.3 is 5.97 Å². The molecule has 3 heterocycles. The van der Waals surface area contributed by atoms with E-state index >= 15 is 0 Å². The maximum Gasteiger partial charge on any atom is 0.333 e. The third kappa shape index (κ3) is 3.65. The van der Waals surface area contributed by atoms with Crippen LogP contribution in [0, 0.1) is 5.92 Å². The van der Waals surface area contributed by atoms with Crippen molar-refractivity contribution in [2.24, 2.45) is 5.92 Å². The average Bonchev–Trinajstić information content (AvgIpc) is 2.65. The molecule has 0 N–H and O–H groups in total. The Hall–Kier alpha value is -0.910. The van der Waals surface area contributed by atoms with E-state index < -0.39 is 0 Å². The molecule has 0 radical (unpaired) electrons. The minimum Gasteiger partial charge on any atom is -0.462 e. The summed E-state index contributed by atoms with van der Waals surface area (Å²) in [5.74, 6) is 0.0777. The Morgan fingerprint density at radius 2 is 1.90 bits per heavy atom. The lowest BCUT2D eigenvalue weighted by molar-refractivity contribution is -0.146. The highest BCUT2D eigenvalue weighted by Gasteiger charge is 2.38. The molecule has 2 saturated heterocycles. The zero-order chi connectivity index (χ0) is 14.5. The van der Waals surface area contributed by atoms with Crippen LogP contribution in [0.4, 0.5) is 0 Å². The molecule has 2 fully saturated rings. The molecule has 0 aromatic heterocycles. The van der Waals surface area contributed by atoms with Crippen LogP contribution in [0.3, 0.4) is 0 Å². The van der Waals surface area contributed by atoms with Crippen molar-refractivity contribution in [2.45, 2.75) is 37.7 Å². The van der Waals surface area contributed by atoms with Crippen molar-refractivity contribution in [3.05, 3.63) is 11.6 Å². The van der Waals surface area contributed by atoms with Crippen molar-refractivity contribution in [3.8, 4) is 0 Å². The zero-order valence-electron chi connectivity index (χ0n) is 12.5. The van der Waals surface area contributed by atoms with Crippen LogP contribution in [0.2, 0.25) is 0 Å². The molecular weight excluding hydrogens is 272 g/mol. The van der Waals surface area contributed by atoms with Crippen molar-refractivity contribution < 1.29 is 23.7 Å². The van der Waals surface area contributed by atoms with E-state index in [9.17, 15) is 4.79 Å². The maximum absolute atomic E-state index is 12.3. The van der Waals surface area contributed by atoms with Crippen LogP contribution in [0.5, 0.6) is 0 Å². The monoisotopic (exact) mass is 296 g/mol. The summed E-state index contributed by atoms with van der Waals surface area (Å²) in [6, 6.07) is 0. The number of cyclic esters (lactones) is 1. The molecule has 21 heavy (non-hydrogen) atoms. The number of rotatable bonds is 0. The maximum atomic E-state index is 12.3. The molecule has 3 aliphatic rings. The highest BCUT2D eigenvalue weighted by Crippen LogP contribution is 2.36. The minimum atomic E-state index is -0.307. The number of ether oxygens (including phenoxy) is 4. The molecule has 0 aromatic carbocycles. The SMILES string of the molecule is O=C1OCCC23CCC(CCO2)C1=CCCOCCOC3. The molecule has 118 valence electrons. The predicted octanol–water partition coefficient (Wildman–Crippen LogP) is 1.85. The summed E-state index contributed by atoms with van der Waals surface area (Å²) in [6.45, 7) is 3.45. The Morgan fingerprint density at radius 3 is 2.86 bits per heavy atom. The lowest BCUT2D eigenvalue weighted by Crippen LogP contribution is -2.39. The molecule has 0 amide bonds. The molecule has 5 heteroatoms. The van der Waals surface area contributed by atoms with Gasteiger partial charge in [-0.25, -0.2) is 4.79 Å². The van der Waals surface area contributed by atoms with E-state index in [1.165, 1.54) is 0 Å². The Labute approximate surface area is 125 Å². The van der Waals surface area contributed by atoms with Gasteiger partial charge in [-0.3, -0.25) is 0 Å². The first kappa shape index (κ1) is 15.0. The van der Waals surface area contributed by atoms with Crippen LogP contribution in [0.1, 0.15) is 32.1 Å². The summed E-state index contributed by atoms with van der Waals surface area (Å²) in [4.78, 5) is 12.3. The molecular formula is C16H24O5. The molecule has 0 saturated carbocycles. The van der Waals surface area contributed by atoms with E-state index in [4.69, 9.17) is 18.9 Å². The second-order valence-corrected chi connectivity index (χ2v) is 6.05. The summed E-state index contributed by atoms with van der Waals surface area (Å²) in [6.07, 6.45) is 6.22. The van der Waals surface area contributed by atoms with Gasteiger partial charge in [-0.1, -0.05) is 6.08 Å².